The number of nitrogens with zero attached hydrogens (tertiary/aromatic N) is 3. The second-order valence-corrected chi connectivity index (χ2v) is 7.03. The Hall–Kier alpha value is -0.920. The van der Waals surface area contributed by atoms with Crippen LogP contribution in [-0.2, 0) is 16.6 Å². The summed E-state index contributed by atoms with van der Waals surface area (Å²) in [6, 6.07) is 0.432. The highest BCUT2D eigenvalue weighted by Gasteiger charge is 2.31. The fourth-order valence-corrected chi connectivity index (χ4v) is 4.11. The summed E-state index contributed by atoms with van der Waals surface area (Å²) in [6.07, 6.45) is 3.36. The number of rotatable bonds is 5. The van der Waals surface area contributed by atoms with Crippen LogP contribution in [0.1, 0.15) is 32.5 Å². The fourth-order valence-electron chi connectivity index (χ4n) is 2.64. The molecule has 2 heterocycles. The Kier molecular flexibility index (Phi) is 4.82. The zero-order valence-corrected chi connectivity index (χ0v) is 13.3. The van der Waals surface area contributed by atoms with Gasteiger partial charge in [-0.25, -0.2) is 13.4 Å². The third-order valence-corrected chi connectivity index (χ3v) is 5.62. The van der Waals surface area contributed by atoms with E-state index in [-0.39, 0.29) is 5.03 Å². The van der Waals surface area contributed by atoms with Gasteiger partial charge in [0.25, 0.3) is 10.0 Å². The first kappa shape index (κ1) is 15.5. The number of aryl methyl sites for hydroxylation is 2. The third-order valence-electron chi connectivity index (χ3n) is 3.85. The highest BCUT2D eigenvalue weighted by atomic mass is 32.2. The minimum Gasteiger partial charge on any atom is -0.334 e. The second kappa shape index (κ2) is 6.24. The van der Waals surface area contributed by atoms with E-state index in [0.717, 1.165) is 31.8 Å². The molecule has 0 unspecified atom stereocenters. The second-order valence-electron chi connectivity index (χ2n) is 5.15. The molecule has 0 spiro atoms. The van der Waals surface area contributed by atoms with Gasteiger partial charge in [0.05, 0.1) is 0 Å². The molecular formula is C13H24N4O2S. The molecular weight excluding hydrogens is 276 g/mol. The van der Waals surface area contributed by atoms with Gasteiger partial charge in [0, 0.05) is 31.9 Å². The zero-order chi connectivity index (χ0) is 14.8. The summed E-state index contributed by atoms with van der Waals surface area (Å²) >= 11 is 0. The lowest BCUT2D eigenvalue weighted by atomic mass is 10.1. The lowest BCUT2D eigenvalue weighted by Crippen LogP contribution is -2.44. The Balaban J connectivity index is 2.11. The molecule has 7 heteroatoms. The molecule has 1 aliphatic heterocycles. The lowest BCUT2D eigenvalue weighted by molar-refractivity contribution is 0.291. The SMILES string of the molecule is CCNC1CCN(S(=O)(=O)c2cn(CC)c(C)n2)CC1. The van der Waals surface area contributed by atoms with Crippen LogP contribution in [-0.4, -0.2) is 48.0 Å². The van der Waals surface area contributed by atoms with Crippen molar-refractivity contribution in [1.82, 2.24) is 19.2 Å². The van der Waals surface area contributed by atoms with Crippen LogP contribution in [0.5, 0.6) is 0 Å². The predicted molar refractivity (Wildman–Crippen MR) is 78.1 cm³/mol. The number of sulfonamides is 1. The van der Waals surface area contributed by atoms with Gasteiger partial charge in [0.15, 0.2) is 5.03 Å². The summed E-state index contributed by atoms with van der Waals surface area (Å²) in [5.74, 6) is 0.744. The highest BCUT2D eigenvalue weighted by Crippen LogP contribution is 2.20. The molecule has 0 atom stereocenters. The molecule has 1 N–H and O–H groups in total. The summed E-state index contributed by atoms with van der Waals surface area (Å²) in [7, 11) is -3.44. The van der Waals surface area contributed by atoms with Crippen molar-refractivity contribution in [3.63, 3.8) is 0 Å². The number of nitrogens with one attached hydrogen (secondary N) is 1. The Morgan fingerprint density at radius 3 is 2.50 bits per heavy atom. The molecule has 0 radical (unpaired) electrons. The van der Waals surface area contributed by atoms with Crippen LogP contribution in [0.3, 0.4) is 0 Å². The van der Waals surface area contributed by atoms with Crippen LogP contribution >= 0.6 is 0 Å². The molecule has 1 saturated heterocycles. The van der Waals surface area contributed by atoms with Gasteiger partial charge in [-0.15, -0.1) is 0 Å². The number of aromatic nitrogens is 2. The number of piperidine rings is 1. The smallest absolute Gasteiger partial charge is 0.262 e. The van der Waals surface area contributed by atoms with Gasteiger partial charge >= 0.3 is 0 Å². The monoisotopic (exact) mass is 300 g/mol. The summed E-state index contributed by atoms with van der Waals surface area (Å²) in [5, 5.41) is 3.56. The molecule has 114 valence electrons. The molecule has 6 nitrogen and oxygen atoms in total. The van der Waals surface area contributed by atoms with Crippen LogP contribution in [0.4, 0.5) is 0 Å². The normalized spacial score (nSPS) is 18.6. The number of imidazole rings is 1. The highest BCUT2D eigenvalue weighted by molar-refractivity contribution is 7.89. The summed E-state index contributed by atoms with van der Waals surface area (Å²) in [6.45, 7) is 8.68. The first-order valence-electron chi connectivity index (χ1n) is 7.26. The zero-order valence-electron chi connectivity index (χ0n) is 12.5. The molecule has 2 rings (SSSR count). The Labute approximate surface area is 121 Å². The van der Waals surface area contributed by atoms with Crippen LogP contribution in [0.25, 0.3) is 0 Å². The minimum absolute atomic E-state index is 0.179. The fraction of sp³-hybridized carbons (Fsp3) is 0.769. The van der Waals surface area contributed by atoms with E-state index in [2.05, 4.69) is 17.2 Å². The first-order chi connectivity index (χ1) is 9.48. The summed E-state index contributed by atoms with van der Waals surface area (Å²) in [4.78, 5) is 4.20. The van der Waals surface area contributed by atoms with Crippen LogP contribution < -0.4 is 5.32 Å². The molecule has 0 amide bonds. The maximum Gasteiger partial charge on any atom is 0.262 e. The van der Waals surface area contributed by atoms with E-state index in [1.165, 1.54) is 0 Å². The van der Waals surface area contributed by atoms with Crippen molar-refractivity contribution in [3.8, 4) is 0 Å². The van der Waals surface area contributed by atoms with E-state index in [1.807, 2.05) is 18.4 Å². The van der Waals surface area contributed by atoms with Gasteiger partial charge in [-0.2, -0.15) is 4.31 Å². The maximum atomic E-state index is 12.6. The van der Waals surface area contributed by atoms with Gasteiger partial charge in [-0.1, -0.05) is 6.92 Å². The molecule has 0 aliphatic carbocycles. The van der Waals surface area contributed by atoms with Gasteiger partial charge in [0.2, 0.25) is 0 Å². The molecule has 0 aromatic carbocycles. The van der Waals surface area contributed by atoms with E-state index in [9.17, 15) is 8.42 Å². The van der Waals surface area contributed by atoms with Crippen LogP contribution in [0.2, 0.25) is 0 Å². The van der Waals surface area contributed by atoms with E-state index in [4.69, 9.17) is 0 Å². The summed E-state index contributed by atoms with van der Waals surface area (Å²) < 4.78 is 28.5. The lowest BCUT2D eigenvalue weighted by Gasteiger charge is -2.30. The standard InChI is InChI=1S/C13H24N4O2S/c1-4-14-12-6-8-17(9-7-12)20(18,19)13-10-16(5-2)11(3)15-13/h10,12,14H,4-9H2,1-3H3. The molecule has 0 saturated carbocycles. The summed E-state index contributed by atoms with van der Waals surface area (Å²) in [5.41, 5.74) is 0. The largest absolute Gasteiger partial charge is 0.334 e. The van der Waals surface area contributed by atoms with Crippen molar-refractivity contribution in [2.24, 2.45) is 0 Å². The molecule has 1 aliphatic rings. The van der Waals surface area contributed by atoms with Crippen molar-refractivity contribution in [2.45, 2.75) is 51.2 Å². The Morgan fingerprint density at radius 1 is 1.35 bits per heavy atom. The molecule has 20 heavy (non-hydrogen) atoms. The number of hydrogen-bond acceptors (Lipinski definition) is 4. The van der Waals surface area contributed by atoms with E-state index in [0.29, 0.717) is 19.1 Å². The van der Waals surface area contributed by atoms with Crippen molar-refractivity contribution < 1.29 is 8.42 Å². The third kappa shape index (κ3) is 3.05. The van der Waals surface area contributed by atoms with E-state index in [1.54, 1.807) is 10.5 Å². The van der Waals surface area contributed by atoms with E-state index >= 15 is 0 Å². The van der Waals surface area contributed by atoms with Crippen molar-refractivity contribution in [3.05, 3.63) is 12.0 Å². The Bertz CT molecular complexity index is 545. The quantitative estimate of drug-likeness (QED) is 0.880. The van der Waals surface area contributed by atoms with Gasteiger partial charge in [0.1, 0.15) is 5.82 Å². The molecule has 1 fully saturated rings. The van der Waals surface area contributed by atoms with Gasteiger partial charge in [-0.3, -0.25) is 0 Å². The number of hydrogen-bond donors (Lipinski definition) is 1. The van der Waals surface area contributed by atoms with Crippen molar-refractivity contribution >= 4 is 10.0 Å². The maximum absolute atomic E-state index is 12.6. The average Bonchev–Trinajstić information content (AvgIpc) is 2.82. The molecule has 0 bridgehead atoms. The van der Waals surface area contributed by atoms with Gasteiger partial charge in [-0.05, 0) is 33.2 Å². The minimum atomic E-state index is -3.44. The molecule has 1 aromatic rings. The van der Waals surface area contributed by atoms with Crippen molar-refractivity contribution in [1.29, 1.82) is 0 Å². The predicted octanol–water partition coefficient (Wildman–Crippen LogP) is 0.974. The van der Waals surface area contributed by atoms with Crippen molar-refractivity contribution in [2.75, 3.05) is 19.6 Å². The topological polar surface area (TPSA) is 67.2 Å². The molecule has 1 aromatic heterocycles. The average molecular weight is 300 g/mol. The van der Waals surface area contributed by atoms with Crippen LogP contribution in [0, 0.1) is 6.92 Å². The first-order valence-corrected chi connectivity index (χ1v) is 8.70. The van der Waals surface area contributed by atoms with Gasteiger partial charge < -0.3 is 9.88 Å². The van der Waals surface area contributed by atoms with Crippen LogP contribution in [0.15, 0.2) is 11.2 Å². The Morgan fingerprint density at radius 2 is 2.00 bits per heavy atom. The van der Waals surface area contributed by atoms with E-state index < -0.39 is 10.0 Å².